The first-order chi connectivity index (χ1) is 10.1. The monoisotopic (exact) mass is 321 g/mol. The lowest BCUT2D eigenvalue weighted by atomic mass is 10.1. The van der Waals surface area contributed by atoms with E-state index in [0.717, 1.165) is 17.9 Å². The number of nitrogens with one attached hydrogen (secondary N) is 1. The minimum atomic E-state index is 0.518. The van der Waals surface area contributed by atoms with E-state index < -0.39 is 0 Å². The molecule has 4 heteroatoms. The predicted octanol–water partition coefficient (Wildman–Crippen LogP) is 5.35. The highest BCUT2D eigenvalue weighted by atomic mass is 35.5. The summed E-state index contributed by atoms with van der Waals surface area (Å²) in [6.45, 7) is 2.90. The molecule has 2 aromatic carbocycles. The Bertz CT molecular complexity index is 653. The molecule has 1 saturated carbocycles. The van der Waals surface area contributed by atoms with Gasteiger partial charge >= 0.3 is 0 Å². The highest BCUT2D eigenvalue weighted by molar-refractivity contribution is 6.35. The number of hydrogen-bond acceptors (Lipinski definition) is 2. The van der Waals surface area contributed by atoms with Gasteiger partial charge in [0.2, 0.25) is 0 Å². The van der Waals surface area contributed by atoms with Crippen molar-refractivity contribution in [1.82, 2.24) is 5.32 Å². The van der Waals surface area contributed by atoms with Gasteiger partial charge in [-0.3, -0.25) is 0 Å². The van der Waals surface area contributed by atoms with E-state index in [1.54, 1.807) is 18.2 Å². The van der Waals surface area contributed by atoms with E-state index in [9.17, 15) is 0 Å². The molecule has 0 unspecified atom stereocenters. The van der Waals surface area contributed by atoms with Crippen molar-refractivity contribution in [2.24, 2.45) is 0 Å². The molecule has 2 aromatic rings. The van der Waals surface area contributed by atoms with Crippen molar-refractivity contribution in [1.29, 1.82) is 0 Å². The van der Waals surface area contributed by atoms with Gasteiger partial charge in [0.25, 0.3) is 0 Å². The summed E-state index contributed by atoms with van der Waals surface area (Å²) in [6.07, 6.45) is 2.54. The summed E-state index contributed by atoms with van der Waals surface area (Å²) in [6, 6.07) is 12.1. The van der Waals surface area contributed by atoms with E-state index in [-0.39, 0.29) is 0 Å². The Morgan fingerprint density at radius 2 is 1.86 bits per heavy atom. The summed E-state index contributed by atoms with van der Waals surface area (Å²) < 4.78 is 5.97. The number of aryl methyl sites for hydroxylation is 1. The van der Waals surface area contributed by atoms with Gasteiger partial charge in [-0.25, -0.2) is 0 Å². The molecule has 0 spiro atoms. The van der Waals surface area contributed by atoms with Crippen molar-refractivity contribution in [2.75, 3.05) is 0 Å². The third-order valence-electron chi connectivity index (χ3n) is 3.49. The van der Waals surface area contributed by atoms with Crippen molar-refractivity contribution in [3.63, 3.8) is 0 Å². The normalized spacial score (nSPS) is 14.2. The summed E-state index contributed by atoms with van der Waals surface area (Å²) in [7, 11) is 0. The third-order valence-corrected chi connectivity index (χ3v) is 4.02. The Labute approximate surface area is 135 Å². The molecule has 0 amide bonds. The fourth-order valence-corrected chi connectivity index (χ4v) is 2.61. The molecule has 3 rings (SSSR count). The minimum Gasteiger partial charge on any atom is -0.455 e. The smallest absolute Gasteiger partial charge is 0.146 e. The van der Waals surface area contributed by atoms with Crippen molar-refractivity contribution in [2.45, 2.75) is 32.4 Å². The molecular weight excluding hydrogens is 305 g/mol. The van der Waals surface area contributed by atoms with Gasteiger partial charge in [0, 0.05) is 23.2 Å². The molecule has 1 N–H and O–H groups in total. The Kier molecular flexibility index (Phi) is 4.39. The molecule has 1 aliphatic carbocycles. The molecule has 0 aromatic heterocycles. The molecule has 1 aliphatic rings. The van der Waals surface area contributed by atoms with E-state index in [1.165, 1.54) is 18.4 Å². The van der Waals surface area contributed by atoms with Crippen LogP contribution in [0.4, 0.5) is 0 Å². The van der Waals surface area contributed by atoms with E-state index >= 15 is 0 Å². The number of benzene rings is 2. The molecule has 0 heterocycles. The van der Waals surface area contributed by atoms with Crippen molar-refractivity contribution >= 4 is 23.2 Å². The van der Waals surface area contributed by atoms with Crippen LogP contribution < -0.4 is 10.1 Å². The zero-order chi connectivity index (χ0) is 14.8. The molecule has 2 nitrogen and oxygen atoms in total. The van der Waals surface area contributed by atoms with Crippen LogP contribution in [0.25, 0.3) is 0 Å². The number of halogens is 2. The summed E-state index contributed by atoms with van der Waals surface area (Å²) in [5.41, 5.74) is 2.37. The molecular formula is C17H17Cl2NO. The van der Waals surface area contributed by atoms with Gasteiger partial charge in [-0.2, -0.15) is 0 Å². The lowest BCUT2D eigenvalue weighted by Crippen LogP contribution is -2.15. The second-order valence-electron chi connectivity index (χ2n) is 5.44. The largest absolute Gasteiger partial charge is 0.455 e. The van der Waals surface area contributed by atoms with E-state index in [2.05, 4.69) is 18.3 Å². The lowest BCUT2D eigenvalue weighted by Gasteiger charge is -2.14. The van der Waals surface area contributed by atoms with Crippen LogP contribution >= 0.6 is 23.2 Å². The Hall–Kier alpha value is -1.22. The first kappa shape index (κ1) is 14.7. The maximum Gasteiger partial charge on any atom is 0.146 e. The van der Waals surface area contributed by atoms with Crippen molar-refractivity contribution < 1.29 is 4.74 Å². The van der Waals surface area contributed by atoms with Gasteiger partial charge in [0.15, 0.2) is 0 Å². The molecule has 0 atom stereocenters. The van der Waals surface area contributed by atoms with Crippen LogP contribution in [-0.4, -0.2) is 6.04 Å². The topological polar surface area (TPSA) is 21.3 Å². The van der Waals surface area contributed by atoms with E-state index in [4.69, 9.17) is 27.9 Å². The Morgan fingerprint density at radius 1 is 1.10 bits per heavy atom. The Balaban J connectivity index is 1.82. The minimum absolute atomic E-state index is 0.518. The second kappa shape index (κ2) is 6.27. The molecule has 0 radical (unpaired) electrons. The predicted molar refractivity (Wildman–Crippen MR) is 87.6 cm³/mol. The van der Waals surface area contributed by atoms with Gasteiger partial charge in [0.1, 0.15) is 11.5 Å². The van der Waals surface area contributed by atoms with E-state index in [1.807, 2.05) is 12.1 Å². The summed E-state index contributed by atoms with van der Waals surface area (Å²) >= 11 is 12.1. The number of ether oxygens (including phenoxy) is 1. The Morgan fingerprint density at radius 3 is 2.57 bits per heavy atom. The lowest BCUT2D eigenvalue weighted by molar-refractivity contribution is 0.472. The molecule has 21 heavy (non-hydrogen) atoms. The first-order valence-electron chi connectivity index (χ1n) is 7.07. The number of rotatable bonds is 5. The second-order valence-corrected chi connectivity index (χ2v) is 6.29. The highest BCUT2D eigenvalue weighted by Crippen LogP contribution is 2.33. The quantitative estimate of drug-likeness (QED) is 0.801. The zero-order valence-electron chi connectivity index (χ0n) is 11.8. The summed E-state index contributed by atoms with van der Waals surface area (Å²) in [5, 5.41) is 4.64. The molecule has 110 valence electrons. The van der Waals surface area contributed by atoms with Gasteiger partial charge in [-0.1, -0.05) is 40.9 Å². The molecule has 0 aliphatic heterocycles. The average Bonchev–Trinajstić information content (AvgIpc) is 3.26. The third kappa shape index (κ3) is 3.91. The highest BCUT2D eigenvalue weighted by Gasteiger charge is 2.20. The standard InChI is InChI=1S/C17H17Cl2NO/c1-11-2-6-16(12(8-11)10-20-14-4-5-14)21-17-7-3-13(18)9-15(17)19/h2-3,6-9,14,20H,4-5,10H2,1H3. The van der Waals surface area contributed by atoms with Crippen LogP contribution in [0.15, 0.2) is 36.4 Å². The molecule has 0 bridgehead atoms. The zero-order valence-corrected chi connectivity index (χ0v) is 13.3. The number of hydrogen-bond donors (Lipinski definition) is 1. The van der Waals surface area contributed by atoms with Crippen LogP contribution in [0.3, 0.4) is 0 Å². The van der Waals surface area contributed by atoms with Gasteiger partial charge in [-0.05, 0) is 44.0 Å². The average molecular weight is 322 g/mol. The van der Waals surface area contributed by atoms with Crippen molar-refractivity contribution in [3.05, 3.63) is 57.6 Å². The molecule has 1 fully saturated rings. The van der Waals surface area contributed by atoms with Crippen LogP contribution in [0.1, 0.15) is 24.0 Å². The van der Waals surface area contributed by atoms with Crippen LogP contribution in [0, 0.1) is 6.92 Å². The van der Waals surface area contributed by atoms with Crippen LogP contribution in [-0.2, 0) is 6.54 Å². The maximum atomic E-state index is 6.18. The van der Waals surface area contributed by atoms with Gasteiger partial charge < -0.3 is 10.1 Å². The SMILES string of the molecule is Cc1ccc(Oc2ccc(Cl)cc2Cl)c(CNC2CC2)c1. The van der Waals surface area contributed by atoms with Crippen molar-refractivity contribution in [3.8, 4) is 11.5 Å². The summed E-state index contributed by atoms with van der Waals surface area (Å²) in [4.78, 5) is 0. The summed E-state index contributed by atoms with van der Waals surface area (Å²) in [5.74, 6) is 1.45. The first-order valence-corrected chi connectivity index (χ1v) is 7.83. The van der Waals surface area contributed by atoms with Gasteiger partial charge in [0.05, 0.1) is 5.02 Å². The van der Waals surface area contributed by atoms with Crippen LogP contribution in [0.2, 0.25) is 10.0 Å². The van der Waals surface area contributed by atoms with E-state index in [0.29, 0.717) is 21.8 Å². The maximum absolute atomic E-state index is 6.18. The van der Waals surface area contributed by atoms with Crippen LogP contribution in [0.5, 0.6) is 11.5 Å². The fourth-order valence-electron chi connectivity index (χ4n) is 2.16. The van der Waals surface area contributed by atoms with Gasteiger partial charge in [-0.15, -0.1) is 0 Å². The fraction of sp³-hybridized carbons (Fsp3) is 0.294. The molecule has 0 saturated heterocycles.